The van der Waals surface area contributed by atoms with Crippen LogP contribution >= 0.6 is 11.3 Å². The van der Waals surface area contributed by atoms with E-state index in [1.54, 1.807) is 34.3 Å². The smallest absolute Gasteiger partial charge is 0.267 e. The topological polar surface area (TPSA) is 73.0 Å². The average molecular weight is 412 g/mol. The third kappa shape index (κ3) is 4.32. The Morgan fingerprint density at radius 3 is 3.00 bits per heavy atom. The Balaban J connectivity index is 1.45. The van der Waals surface area contributed by atoms with Crippen LogP contribution in [0.1, 0.15) is 38.1 Å². The van der Waals surface area contributed by atoms with E-state index in [1.165, 1.54) is 0 Å². The van der Waals surface area contributed by atoms with Crippen LogP contribution in [0.2, 0.25) is 0 Å². The Bertz CT molecular complexity index is 1020. The fraction of sp³-hybridized carbons (Fsp3) is 0.429. The molecule has 1 saturated heterocycles. The zero-order valence-corrected chi connectivity index (χ0v) is 17.3. The highest BCUT2D eigenvalue weighted by Gasteiger charge is 2.26. The first-order chi connectivity index (χ1) is 14.2. The molecular formula is C21H25N5O2S. The molecule has 8 heteroatoms. The first-order valence-corrected chi connectivity index (χ1v) is 10.9. The number of hydrogen-bond donors (Lipinski definition) is 0. The summed E-state index contributed by atoms with van der Waals surface area (Å²) in [6.45, 7) is 3.96. The number of carbonyl (C=O) groups excluding carboxylic acids is 1. The predicted molar refractivity (Wildman–Crippen MR) is 113 cm³/mol. The van der Waals surface area contributed by atoms with Crippen molar-refractivity contribution in [3.63, 3.8) is 0 Å². The van der Waals surface area contributed by atoms with Gasteiger partial charge in [0.2, 0.25) is 5.91 Å². The van der Waals surface area contributed by atoms with Gasteiger partial charge in [-0.3, -0.25) is 9.59 Å². The van der Waals surface area contributed by atoms with Crippen molar-refractivity contribution in [3.05, 3.63) is 58.2 Å². The summed E-state index contributed by atoms with van der Waals surface area (Å²) in [6, 6.07) is 7.24. The summed E-state index contributed by atoms with van der Waals surface area (Å²) in [5.74, 6) is 1.11. The maximum absolute atomic E-state index is 12.8. The number of amides is 1. The van der Waals surface area contributed by atoms with Crippen LogP contribution in [0.25, 0.3) is 10.6 Å². The Kier molecular flexibility index (Phi) is 5.89. The normalized spacial score (nSPS) is 16.9. The van der Waals surface area contributed by atoms with Crippen molar-refractivity contribution < 1.29 is 4.79 Å². The molecule has 3 aromatic heterocycles. The molecular weight excluding hydrogens is 386 g/mol. The first-order valence-electron chi connectivity index (χ1n) is 10.1. The van der Waals surface area contributed by atoms with Gasteiger partial charge in [0, 0.05) is 50.9 Å². The Morgan fingerprint density at radius 1 is 1.31 bits per heavy atom. The average Bonchev–Trinajstić information content (AvgIpc) is 3.44. The molecule has 4 rings (SSSR count). The van der Waals surface area contributed by atoms with Gasteiger partial charge in [0.05, 0.1) is 10.9 Å². The van der Waals surface area contributed by atoms with Crippen molar-refractivity contribution in [2.45, 2.75) is 45.2 Å². The minimum absolute atomic E-state index is 0.0837. The van der Waals surface area contributed by atoms with Gasteiger partial charge in [-0.25, -0.2) is 9.67 Å². The van der Waals surface area contributed by atoms with Gasteiger partial charge in [-0.1, -0.05) is 13.0 Å². The Hall–Kier alpha value is -2.74. The lowest BCUT2D eigenvalue weighted by atomic mass is 10.1. The molecule has 0 bridgehead atoms. The Morgan fingerprint density at radius 2 is 2.21 bits per heavy atom. The number of thiophene rings is 1. The van der Waals surface area contributed by atoms with Crippen molar-refractivity contribution in [2.24, 2.45) is 0 Å². The molecule has 0 radical (unpaired) electrons. The fourth-order valence-corrected chi connectivity index (χ4v) is 4.55. The van der Waals surface area contributed by atoms with Gasteiger partial charge in [-0.2, -0.15) is 5.10 Å². The molecule has 1 fully saturated rings. The molecule has 7 nitrogen and oxygen atoms in total. The number of imidazole rings is 1. The lowest BCUT2D eigenvalue weighted by Gasteiger charge is -2.33. The summed E-state index contributed by atoms with van der Waals surface area (Å²) < 4.78 is 3.61. The van der Waals surface area contributed by atoms with E-state index in [4.69, 9.17) is 0 Å². The summed E-state index contributed by atoms with van der Waals surface area (Å²) in [5, 5.41) is 6.60. The zero-order valence-electron chi connectivity index (χ0n) is 16.5. The molecule has 0 saturated carbocycles. The molecule has 0 spiro atoms. The van der Waals surface area contributed by atoms with Crippen LogP contribution in [-0.2, 0) is 17.8 Å². The van der Waals surface area contributed by atoms with Crippen molar-refractivity contribution in [2.75, 3.05) is 13.1 Å². The maximum atomic E-state index is 12.8. The van der Waals surface area contributed by atoms with E-state index in [1.807, 2.05) is 33.2 Å². The zero-order chi connectivity index (χ0) is 20.2. The SMILES string of the molecule is CCc1nccn1CCC(=O)N1CCC[C@H](n2nc(-c3cccs3)ccc2=O)C1. The molecule has 1 aliphatic rings. The molecule has 29 heavy (non-hydrogen) atoms. The standard InChI is InChI=1S/C21H25N5O2S/c1-2-19-22-10-13-24(19)12-9-20(27)25-11-3-5-16(15-25)26-21(28)8-7-17(23-26)18-6-4-14-29-18/h4,6-8,10,13-14,16H,2-3,5,9,11-12,15H2,1H3/t16-/m0/s1. The largest absolute Gasteiger partial charge is 0.340 e. The molecule has 4 heterocycles. The van der Waals surface area contributed by atoms with Crippen LogP contribution in [0.5, 0.6) is 0 Å². The number of likely N-dealkylation sites (tertiary alicyclic amines) is 1. The lowest BCUT2D eigenvalue weighted by molar-refractivity contribution is -0.133. The lowest BCUT2D eigenvalue weighted by Crippen LogP contribution is -2.43. The summed E-state index contributed by atoms with van der Waals surface area (Å²) in [4.78, 5) is 32.5. The van der Waals surface area contributed by atoms with Gasteiger partial charge in [0.1, 0.15) is 11.5 Å². The third-order valence-corrected chi connectivity index (χ3v) is 6.27. The quantitative estimate of drug-likeness (QED) is 0.625. The van der Waals surface area contributed by atoms with Crippen molar-refractivity contribution >= 4 is 17.2 Å². The number of nitrogens with zero attached hydrogens (tertiary/aromatic N) is 5. The molecule has 0 unspecified atom stereocenters. The van der Waals surface area contributed by atoms with Crippen molar-refractivity contribution in [3.8, 4) is 10.6 Å². The molecule has 1 atom stereocenters. The molecule has 0 N–H and O–H groups in total. The second kappa shape index (κ2) is 8.73. The van der Waals surface area contributed by atoms with Gasteiger partial charge < -0.3 is 9.47 Å². The summed E-state index contributed by atoms with van der Waals surface area (Å²) in [6.07, 6.45) is 6.71. The molecule has 152 valence electrons. The number of aromatic nitrogens is 4. The summed E-state index contributed by atoms with van der Waals surface area (Å²) >= 11 is 1.60. The van der Waals surface area contributed by atoms with Gasteiger partial charge in [-0.15, -0.1) is 11.3 Å². The van der Waals surface area contributed by atoms with Crippen molar-refractivity contribution in [1.29, 1.82) is 0 Å². The highest BCUT2D eigenvalue weighted by molar-refractivity contribution is 7.13. The van der Waals surface area contributed by atoms with E-state index in [-0.39, 0.29) is 17.5 Å². The number of aryl methyl sites for hydroxylation is 2. The van der Waals surface area contributed by atoms with E-state index in [0.717, 1.165) is 42.2 Å². The van der Waals surface area contributed by atoms with Gasteiger partial charge in [0.15, 0.2) is 0 Å². The Labute approximate surface area is 173 Å². The van der Waals surface area contributed by atoms with Crippen LogP contribution in [0.3, 0.4) is 0 Å². The van der Waals surface area contributed by atoms with Gasteiger partial charge in [0.25, 0.3) is 5.56 Å². The molecule has 0 aromatic carbocycles. The van der Waals surface area contributed by atoms with Crippen LogP contribution in [0, 0.1) is 0 Å². The second-order valence-corrected chi connectivity index (χ2v) is 8.20. The fourth-order valence-electron chi connectivity index (χ4n) is 3.86. The van der Waals surface area contributed by atoms with Crippen LogP contribution in [0.4, 0.5) is 0 Å². The minimum atomic E-state index is -0.115. The van der Waals surface area contributed by atoms with Gasteiger partial charge in [-0.05, 0) is 30.4 Å². The predicted octanol–water partition coefficient (Wildman–Crippen LogP) is 2.98. The third-order valence-electron chi connectivity index (χ3n) is 5.38. The van der Waals surface area contributed by atoms with E-state index >= 15 is 0 Å². The maximum Gasteiger partial charge on any atom is 0.267 e. The van der Waals surface area contributed by atoms with E-state index in [0.29, 0.717) is 19.5 Å². The van der Waals surface area contributed by atoms with Crippen LogP contribution in [0.15, 0.2) is 46.8 Å². The highest BCUT2D eigenvalue weighted by Crippen LogP contribution is 2.24. The number of hydrogen-bond acceptors (Lipinski definition) is 5. The number of carbonyl (C=O) groups is 1. The van der Waals surface area contributed by atoms with Crippen LogP contribution in [-0.4, -0.2) is 43.2 Å². The molecule has 1 amide bonds. The molecule has 1 aliphatic heterocycles. The monoisotopic (exact) mass is 411 g/mol. The van der Waals surface area contributed by atoms with Crippen LogP contribution < -0.4 is 5.56 Å². The van der Waals surface area contributed by atoms with E-state index in [2.05, 4.69) is 17.0 Å². The summed E-state index contributed by atoms with van der Waals surface area (Å²) in [5.41, 5.74) is 0.686. The second-order valence-electron chi connectivity index (χ2n) is 7.25. The van der Waals surface area contributed by atoms with E-state index < -0.39 is 0 Å². The number of rotatable bonds is 6. The first kappa shape index (κ1) is 19.6. The highest BCUT2D eigenvalue weighted by atomic mass is 32.1. The molecule has 3 aromatic rings. The van der Waals surface area contributed by atoms with E-state index in [9.17, 15) is 9.59 Å². The molecule has 0 aliphatic carbocycles. The minimum Gasteiger partial charge on any atom is -0.340 e. The van der Waals surface area contributed by atoms with Gasteiger partial charge >= 0.3 is 0 Å². The summed E-state index contributed by atoms with van der Waals surface area (Å²) in [7, 11) is 0. The van der Waals surface area contributed by atoms with Crippen molar-refractivity contribution in [1.82, 2.24) is 24.2 Å². The number of piperidine rings is 1.